The van der Waals surface area contributed by atoms with Gasteiger partial charge < -0.3 is 4.43 Å². The molecule has 0 radical (unpaired) electrons. The first kappa shape index (κ1) is 29.4. The molecular weight excluding hydrogens is 457 g/mol. The van der Waals surface area contributed by atoms with E-state index in [0.717, 1.165) is 0 Å². The number of hydrogen-bond acceptors (Lipinski definition) is 1. The summed E-state index contributed by atoms with van der Waals surface area (Å²) in [4.78, 5) is 0. The van der Waals surface area contributed by atoms with Crippen molar-refractivity contribution in [1.82, 2.24) is 0 Å². The van der Waals surface area contributed by atoms with Crippen LogP contribution in [0.3, 0.4) is 0 Å². The molecule has 0 aliphatic heterocycles. The van der Waals surface area contributed by atoms with Gasteiger partial charge in [0.2, 0.25) is 0 Å². The van der Waals surface area contributed by atoms with Crippen molar-refractivity contribution in [3.05, 3.63) is 0 Å². The monoisotopic (exact) mass is 484 g/mol. The molecule has 13 heteroatoms. The summed E-state index contributed by atoms with van der Waals surface area (Å²) in [5.41, 5.74) is -6.03. The minimum Gasteiger partial charge on any atom is -0.417 e. The van der Waals surface area contributed by atoms with Crippen LogP contribution in [0, 0.1) is 0 Å². The van der Waals surface area contributed by atoms with E-state index in [0.29, 0.717) is 0 Å². The van der Waals surface area contributed by atoms with Gasteiger partial charge >= 0.3 is 24.2 Å². The van der Waals surface area contributed by atoms with Crippen LogP contribution in [0.5, 0.6) is 0 Å². The number of hydrogen-bond donors (Lipinski definition) is 0. The normalized spacial score (nSPS) is 17.2. The second-order valence-electron chi connectivity index (χ2n) is 8.72. The quantitative estimate of drug-likeness (QED) is 0.173. The lowest BCUT2D eigenvalue weighted by atomic mass is 9.86. The van der Waals surface area contributed by atoms with Crippen molar-refractivity contribution in [1.29, 1.82) is 0 Å². The average Bonchev–Trinajstić information content (AvgIpc) is 2.49. The van der Waals surface area contributed by atoms with Gasteiger partial charge in [-0.15, -0.1) is 0 Å². The number of alkyl halides is 11. The largest absolute Gasteiger partial charge is 0.460 e. The maximum Gasteiger partial charge on any atom is 0.460 e. The Labute approximate surface area is 169 Å². The van der Waals surface area contributed by atoms with E-state index in [-0.39, 0.29) is 30.9 Å². The van der Waals surface area contributed by atoms with Crippen LogP contribution in [0.1, 0.15) is 52.9 Å². The zero-order valence-corrected chi connectivity index (χ0v) is 18.3. The molecule has 0 aliphatic carbocycles. The lowest BCUT2D eigenvalue weighted by Crippen LogP contribution is -2.67. The van der Waals surface area contributed by atoms with Gasteiger partial charge in [-0.3, -0.25) is 0 Å². The lowest BCUT2D eigenvalue weighted by molar-refractivity contribution is -0.412. The molecule has 0 saturated heterocycles. The van der Waals surface area contributed by atoms with E-state index in [1.165, 1.54) is 0 Å². The van der Waals surface area contributed by atoms with E-state index in [1.807, 2.05) is 33.9 Å². The maximum atomic E-state index is 14.1. The molecule has 0 amide bonds. The van der Waals surface area contributed by atoms with Gasteiger partial charge in [0.1, 0.15) is 0 Å². The van der Waals surface area contributed by atoms with Crippen molar-refractivity contribution in [3.8, 4) is 0 Å². The van der Waals surface area contributed by atoms with Crippen LogP contribution in [0.25, 0.3) is 0 Å². The smallest absolute Gasteiger partial charge is 0.417 e. The Kier molecular flexibility index (Phi) is 8.93. The van der Waals surface area contributed by atoms with Crippen LogP contribution in [0.2, 0.25) is 18.1 Å². The van der Waals surface area contributed by atoms with Crippen LogP contribution < -0.4 is 0 Å². The van der Waals surface area contributed by atoms with E-state index in [2.05, 4.69) is 0 Å². The highest BCUT2D eigenvalue weighted by atomic mass is 28.4. The van der Waals surface area contributed by atoms with E-state index in [4.69, 9.17) is 4.43 Å². The van der Waals surface area contributed by atoms with Crippen molar-refractivity contribution in [2.24, 2.45) is 0 Å². The maximum absolute atomic E-state index is 14.1. The highest BCUT2D eigenvalue weighted by molar-refractivity contribution is 6.74. The Morgan fingerprint density at radius 2 is 1.03 bits per heavy atom. The van der Waals surface area contributed by atoms with E-state index in [9.17, 15) is 48.3 Å². The lowest BCUT2D eigenvalue weighted by Gasteiger charge is -2.39. The highest BCUT2D eigenvalue weighted by Crippen LogP contribution is 2.58. The van der Waals surface area contributed by atoms with Crippen LogP contribution in [-0.2, 0) is 4.43 Å². The summed E-state index contributed by atoms with van der Waals surface area (Å²) in [6.07, 6.45) is -16.8. The Bertz CT molecular complexity index is 549. The topological polar surface area (TPSA) is 9.23 Å². The Hall–Kier alpha value is -0.593. The summed E-state index contributed by atoms with van der Waals surface area (Å²) in [5, 5.41) is -0.108. The van der Waals surface area contributed by atoms with Gasteiger partial charge in [-0.05, 0) is 37.4 Å². The van der Waals surface area contributed by atoms with Gasteiger partial charge in [0.15, 0.2) is 8.32 Å². The van der Waals surface area contributed by atoms with Crippen molar-refractivity contribution < 1.29 is 52.7 Å². The molecule has 0 aromatic carbocycles. The SMILES string of the molecule is CC(C)(C)[Si](C)(C)OCCCCCCC(F)(C(F)(F)F)C(F)(F)C(F)(F)C(F)(F)F. The molecule has 0 rings (SSSR count). The summed E-state index contributed by atoms with van der Waals surface area (Å²) < 4.78 is 148. The van der Waals surface area contributed by atoms with Crippen LogP contribution >= 0.6 is 0 Å². The number of halogens is 11. The number of rotatable bonds is 10. The molecule has 1 nitrogen and oxygen atoms in total. The minimum atomic E-state index is -7.19. The average molecular weight is 484 g/mol. The van der Waals surface area contributed by atoms with Crippen LogP contribution in [0.4, 0.5) is 48.3 Å². The molecule has 0 aromatic heterocycles. The molecule has 0 aromatic rings. The highest BCUT2D eigenvalue weighted by Gasteiger charge is 2.85. The standard InChI is InChI=1S/C17H27F11OSi/c1-12(2,3)30(4,5)29-11-9-7-6-8-10-13(18,16(23,24)25)14(19,20)15(21,22)17(26,27)28/h6-11H2,1-5H3. The van der Waals surface area contributed by atoms with Gasteiger partial charge in [-0.1, -0.05) is 33.6 Å². The van der Waals surface area contributed by atoms with Gasteiger partial charge in [0, 0.05) is 6.61 Å². The Morgan fingerprint density at radius 3 is 1.40 bits per heavy atom. The zero-order chi connectivity index (χ0) is 24.4. The fourth-order valence-corrected chi connectivity index (χ4v) is 3.36. The molecular formula is C17H27F11OSi. The van der Waals surface area contributed by atoms with Gasteiger partial charge in [-0.2, -0.15) is 43.9 Å². The van der Waals surface area contributed by atoms with E-state index >= 15 is 0 Å². The van der Waals surface area contributed by atoms with Crippen molar-refractivity contribution in [2.75, 3.05) is 6.61 Å². The second kappa shape index (κ2) is 9.11. The fourth-order valence-electron chi connectivity index (χ4n) is 2.27. The fraction of sp³-hybridized carbons (Fsp3) is 1.00. The first-order chi connectivity index (χ1) is 13.0. The molecule has 182 valence electrons. The summed E-state index contributed by atoms with van der Waals surface area (Å²) in [6.45, 7) is 9.99. The minimum absolute atomic E-state index is 0.101. The molecule has 0 bridgehead atoms. The van der Waals surface area contributed by atoms with E-state index in [1.54, 1.807) is 0 Å². The predicted octanol–water partition coefficient (Wildman–Crippen LogP) is 8.06. The molecule has 1 unspecified atom stereocenters. The second-order valence-corrected chi connectivity index (χ2v) is 13.5. The molecule has 0 fully saturated rings. The molecule has 0 N–H and O–H groups in total. The van der Waals surface area contributed by atoms with Crippen molar-refractivity contribution >= 4 is 8.32 Å². The third-order valence-electron chi connectivity index (χ3n) is 5.38. The summed E-state index contributed by atoms with van der Waals surface area (Å²) >= 11 is 0. The Morgan fingerprint density at radius 1 is 0.600 bits per heavy atom. The third kappa shape index (κ3) is 6.01. The molecule has 0 saturated carbocycles. The van der Waals surface area contributed by atoms with Crippen molar-refractivity contribution in [3.63, 3.8) is 0 Å². The summed E-state index contributed by atoms with van der Waals surface area (Å²) in [6, 6.07) is 0. The summed E-state index contributed by atoms with van der Waals surface area (Å²) in [5.74, 6) is -14.2. The predicted molar refractivity (Wildman–Crippen MR) is 92.1 cm³/mol. The molecule has 0 spiro atoms. The molecule has 0 heterocycles. The van der Waals surface area contributed by atoms with Crippen molar-refractivity contribution in [2.45, 2.75) is 101 Å². The molecule has 0 aliphatic rings. The Balaban J connectivity index is 5.02. The first-order valence-electron chi connectivity index (χ1n) is 9.18. The van der Waals surface area contributed by atoms with Gasteiger partial charge in [-0.25, -0.2) is 4.39 Å². The molecule has 1 atom stereocenters. The van der Waals surface area contributed by atoms with Gasteiger partial charge in [0.05, 0.1) is 0 Å². The van der Waals surface area contributed by atoms with Gasteiger partial charge in [0.25, 0.3) is 5.67 Å². The van der Waals surface area contributed by atoms with Crippen LogP contribution in [-0.4, -0.2) is 44.8 Å². The number of unbranched alkanes of at least 4 members (excludes halogenated alkanes) is 3. The molecule has 30 heavy (non-hydrogen) atoms. The summed E-state index contributed by atoms with van der Waals surface area (Å²) in [7, 11) is -2.09. The van der Waals surface area contributed by atoms with Crippen LogP contribution in [0.15, 0.2) is 0 Å². The zero-order valence-electron chi connectivity index (χ0n) is 17.3. The third-order valence-corrected chi connectivity index (χ3v) is 9.92. The van der Waals surface area contributed by atoms with E-state index < -0.39 is 51.0 Å². The first-order valence-corrected chi connectivity index (χ1v) is 12.1.